The fourth-order valence-electron chi connectivity index (χ4n) is 2.32. The molecule has 0 aromatic carbocycles. The Bertz CT molecular complexity index is 392. The summed E-state index contributed by atoms with van der Waals surface area (Å²) in [6.45, 7) is 6.72. The number of ether oxygens (including phenoxy) is 1. The SMILES string of the molecule is COc1nc(N2CCC(C(C)C)C2)ccc1N. The van der Waals surface area contributed by atoms with E-state index in [-0.39, 0.29) is 0 Å². The summed E-state index contributed by atoms with van der Waals surface area (Å²) in [6, 6.07) is 3.84. The molecule has 0 spiro atoms. The van der Waals surface area contributed by atoms with E-state index in [4.69, 9.17) is 10.5 Å². The van der Waals surface area contributed by atoms with E-state index >= 15 is 0 Å². The Balaban J connectivity index is 2.13. The third kappa shape index (κ3) is 2.46. The topological polar surface area (TPSA) is 51.4 Å². The van der Waals surface area contributed by atoms with E-state index in [1.165, 1.54) is 6.42 Å². The van der Waals surface area contributed by atoms with Gasteiger partial charge in [0.1, 0.15) is 5.82 Å². The number of pyridine rings is 1. The lowest BCUT2D eigenvalue weighted by atomic mass is 9.95. The average molecular weight is 235 g/mol. The zero-order chi connectivity index (χ0) is 12.4. The van der Waals surface area contributed by atoms with Crippen LogP contribution in [0.2, 0.25) is 0 Å². The lowest BCUT2D eigenvalue weighted by molar-refractivity contribution is 0.400. The minimum Gasteiger partial charge on any atom is -0.479 e. The molecule has 4 nitrogen and oxygen atoms in total. The Morgan fingerprint density at radius 1 is 1.47 bits per heavy atom. The Labute approximate surface area is 103 Å². The minimum atomic E-state index is 0.524. The molecule has 1 aromatic heterocycles. The molecule has 1 aromatic rings. The van der Waals surface area contributed by atoms with Crippen molar-refractivity contribution in [3.05, 3.63) is 12.1 Å². The van der Waals surface area contributed by atoms with Gasteiger partial charge in [0.15, 0.2) is 0 Å². The van der Waals surface area contributed by atoms with Gasteiger partial charge in [0.2, 0.25) is 5.88 Å². The van der Waals surface area contributed by atoms with E-state index in [9.17, 15) is 0 Å². The minimum absolute atomic E-state index is 0.524. The number of nitrogens with zero attached hydrogens (tertiary/aromatic N) is 2. The summed E-state index contributed by atoms with van der Waals surface area (Å²) < 4.78 is 5.16. The smallest absolute Gasteiger partial charge is 0.238 e. The number of nitrogens with two attached hydrogens (primary N) is 1. The van der Waals surface area contributed by atoms with Gasteiger partial charge in [-0.05, 0) is 30.4 Å². The van der Waals surface area contributed by atoms with Crippen LogP contribution >= 0.6 is 0 Å². The number of hydrogen-bond donors (Lipinski definition) is 1. The summed E-state index contributed by atoms with van der Waals surface area (Å²) in [4.78, 5) is 6.76. The van der Waals surface area contributed by atoms with Gasteiger partial charge in [-0.15, -0.1) is 0 Å². The second kappa shape index (κ2) is 4.82. The van der Waals surface area contributed by atoms with Crippen molar-refractivity contribution in [3.63, 3.8) is 0 Å². The van der Waals surface area contributed by atoms with Crippen LogP contribution in [0.3, 0.4) is 0 Å². The molecule has 0 bridgehead atoms. The molecule has 4 heteroatoms. The largest absolute Gasteiger partial charge is 0.479 e. The Hall–Kier alpha value is -1.45. The maximum Gasteiger partial charge on any atom is 0.238 e. The van der Waals surface area contributed by atoms with Gasteiger partial charge in [-0.25, -0.2) is 0 Å². The van der Waals surface area contributed by atoms with E-state index < -0.39 is 0 Å². The number of hydrogen-bond acceptors (Lipinski definition) is 4. The fourth-order valence-corrected chi connectivity index (χ4v) is 2.32. The Morgan fingerprint density at radius 2 is 2.24 bits per heavy atom. The monoisotopic (exact) mass is 235 g/mol. The summed E-state index contributed by atoms with van der Waals surface area (Å²) in [5, 5.41) is 0. The first-order valence-corrected chi connectivity index (χ1v) is 6.17. The van der Waals surface area contributed by atoms with Gasteiger partial charge in [0, 0.05) is 13.1 Å². The van der Waals surface area contributed by atoms with Crippen molar-refractivity contribution in [2.75, 3.05) is 30.8 Å². The van der Waals surface area contributed by atoms with Crippen LogP contribution in [-0.2, 0) is 0 Å². The van der Waals surface area contributed by atoms with Gasteiger partial charge in [-0.2, -0.15) is 4.98 Å². The van der Waals surface area contributed by atoms with Crippen molar-refractivity contribution in [2.45, 2.75) is 20.3 Å². The number of methoxy groups -OCH3 is 1. The highest BCUT2D eigenvalue weighted by molar-refractivity contribution is 5.54. The Morgan fingerprint density at radius 3 is 2.82 bits per heavy atom. The molecule has 2 heterocycles. The highest BCUT2D eigenvalue weighted by atomic mass is 16.5. The van der Waals surface area contributed by atoms with Crippen molar-refractivity contribution in [1.29, 1.82) is 0 Å². The third-order valence-corrected chi connectivity index (χ3v) is 3.56. The highest BCUT2D eigenvalue weighted by Crippen LogP contribution is 2.29. The molecule has 1 saturated heterocycles. The van der Waals surface area contributed by atoms with Crippen LogP contribution in [0.25, 0.3) is 0 Å². The van der Waals surface area contributed by atoms with Crippen molar-refractivity contribution >= 4 is 11.5 Å². The van der Waals surface area contributed by atoms with E-state index in [2.05, 4.69) is 23.7 Å². The van der Waals surface area contributed by atoms with Crippen LogP contribution in [0.4, 0.5) is 11.5 Å². The van der Waals surface area contributed by atoms with Crippen LogP contribution in [-0.4, -0.2) is 25.2 Å². The van der Waals surface area contributed by atoms with Crippen LogP contribution in [0.1, 0.15) is 20.3 Å². The molecular formula is C13H21N3O. The van der Waals surface area contributed by atoms with E-state index in [1.54, 1.807) is 7.11 Å². The maximum atomic E-state index is 5.77. The molecule has 2 rings (SSSR count). The van der Waals surface area contributed by atoms with Gasteiger partial charge in [0.05, 0.1) is 12.8 Å². The van der Waals surface area contributed by atoms with Crippen LogP contribution < -0.4 is 15.4 Å². The summed E-state index contributed by atoms with van der Waals surface area (Å²) in [5.41, 5.74) is 6.36. The maximum absolute atomic E-state index is 5.77. The van der Waals surface area contributed by atoms with Crippen molar-refractivity contribution in [3.8, 4) is 5.88 Å². The van der Waals surface area contributed by atoms with Crippen molar-refractivity contribution < 1.29 is 4.74 Å². The molecule has 0 saturated carbocycles. The molecule has 17 heavy (non-hydrogen) atoms. The molecule has 0 amide bonds. The van der Waals surface area contributed by atoms with Gasteiger partial charge in [0.25, 0.3) is 0 Å². The first-order valence-electron chi connectivity index (χ1n) is 6.17. The quantitative estimate of drug-likeness (QED) is 0.872. The van der Waals surface area contributed by atoms with Crippen LogP contribution in [0.15, 0.2) is 12.1 Å². The fraction of sp³-hybridized carbons (Fsp3) is 0.615. The van der Waals surface area contributed by atoms with Gasteiger partial charge in [-0.3, -0.25) is 0 Å². The normalized spacial score (nSPS) is 20.0. The molecule has 2 N–H and O–H groups in total. The second-order valence-electron chi connectivity index (χ2n) is 5.01. The number of anilines is 2. The average Bonchev–Trinajstić information content (AvgIpc) is 2.79. The molecule has 0 radical (unpaired) electrons. The molecule has 1 aliphatic heterocycles. The zero-order valence-corrected chi connectivity index (χ0v) is 10.8. The second-order valence-corrected chi connectivity index (χ2v) is 5.01. The predicted molar refractivity (Wildman–Crippen MR) is 70.4 cm³/mol. The molecule has 1 aliphatic rings. The van der Waals surface area contributed by atoms with E-state index in [0.29, 0.717) is 11.6 Å². The van der Waals surface area contributed by atoms with Gasteiger partial charge >= 0.3 is 0 Å². The first kappa shape index (κ1) is 12.0. The number of nitrogen functional groups attached to an aromatic ring is 1. The summed E-state index contributed by atoms with van der Waals surface area (Å²) in [5.74, 6) is 2.99. The van der Waals surface area contributed by atoms with E-state index in [1.807, 2.05) is 12.1 Å². The summed E-state index contributed by atoms with van der Waals surface area (Å²) in [6.07, 6.45) is 1.24. The van der Waals surface area contributed by atoms with Crippen LogP contribution in [0.5, 0.6) is 5.88 Å². The lowest BCUT2D eigenvalue weighted by Gasteiger charge is -2.19. The predicted octanol–water partition coefficient (Wildman–Crippen LogP) is 2.15. The molecule has 1 fully saturated rings. The summed E-state index contributed by atoms with van der Waals surface area (Å²) >= 11 is 0. The van der Waals surface area contributed by atoms with E-state index in [0.717, 1.165) is 30.7 Å². The molecule has 1 atom stereocenters. The zero-order valence-electron chi connectivity index (χ0n) is 10.8. The van der Waals surface area contributed by atoms with Crippen LogP contribution in [0, 0.1) is 11.8 Å². The van der Waals surface area contributed by atoms with Gasteiger partial charge in [-0.1, -0.05) is 13.8 Å². The third-order valence-electron chi connectivity index (χ3n) is 3.56. The molecular weight excluding hydrogens is 214 g/mol. The summed E-state index contributed by atoms with van der Waals surface area (Å²) in [7, 11) is 1.60. The lowest BCUT2D eigenvalue weighted by Crippen LogP contribution is -2.22. The highest BCUT2D eigenvalue weighted by Gasteiger charge is 2.25. The van der Waals surface area contributed by atoms with Crippen molar-refractivity contribution in [1.82, 2.24) is 4.98 Å². The number of rotatable bonds is 3. The molecule has 0 aliphatic carbocycles. The first-order chi connectivity index (χ1) is 8.11. The standard InChI is InChI=1S/C13H21N3O/c1-9(2)10-6-7-16(8-10)12-5-4-11(14)13(15-12)17-3/h4-5,9-10H,6-8,14H2,1-3H3. The molecule has 1 unspecified atom stereocenters. The van der Waals surface area contributed by atoms with Gasteiger partial charge < -0.3 is 15.4 Å². The Kier molecular flexibility index (Phi) is 3.41. The molecule has 94 valence electrons. The number of aromatic nitrogens is 1. The van der Waals surface area contributed by atoms with Crippen molar-refractivity contribution in [2.24, 2.45) is 11.8 Å².